The zero-order chi connectivity index (χ0) is 8.67. The van der Waals surface area contributed by atoms with E-state index in [2.05, 4.69) is 29.2 Å². The third-order valence-electron chi connectivity index (χ3n) is 2.52. The first kappa shape index (κ1) is 7.15. The summed E-state index contributed by atoms with van der Waals surface area (Å²) < 4.78 is 5.22. The topological polar surface area (TPSA) is 28.3 Å². The highest BCUT2D eigenvalue weighted by Gasteiger charge is 2.23. The molecule has 2 aromatic rings. The van der Waals surface area contributed by atoms with Gasteiger partial charge in [0, 0.05) is 18.1 Å². The summed E-state index contributed by atoms with van der Waals surface area (Å²) in [5.41, 5.74) is 2.63. The molecule has 3 rings (SSSR count). The van der Waals surface area contributed by atoms with E-state index in [0.29, 0.717) is 6.10 Å². The standard InChI is InChI=1S/C11H11NO/c1-2-8-4-5-12-11(8)9(3-1)6-10-7-13-10/h1-5,10,12H,6-7H2. The highest BCUT2D eigenvalue weighted by atomic mass is 16.6. The Hall–Kier alpha value is -1.28. The molecule has 66 valence electrons. The Kier molecular flexibility index (Phi) is 1.43. The van der Waals surface area contributed by atoms with Gasteiger partial charge in [-0.05, 0) is 17.0 Å². The summed E-state index contributed by atoms with van der Waals surface area (Å²) >= 11 is 0. The average Bonchev–Trinajstić information content (AvgIpc) is 2.83. The van der Waals surface area contributed by atoms with Crippen LogP contribution in [-0.2, 0) is 11.2 Å². The molecule has 1 aliphatic rings. The van der Waals surface area contributed by atoms with Crippen LogP contribution in [0.4, 0.5) is 0 Å². The fourth-order valence-electron chi connectivity index (χ4n) is 1.75. The van der Waals surface area contributed by atoms with E-state index in [9.17, 15) is 0 Å². The highest BCUT2D eigenvalue weighted by molar-refractivity contribution is 5.82. The van der Waals surface area contributed by atoms with Gasteiger partial charge in [-0.15, -0.1) is 0 Å². The van der Waals surface area contributed by atoms with Crippen molar-refractivity contribution in [2.24, 2.45) is 0 Å². The molecule has 0 spiro atoms. The second kappa shape index (κ2) is 2.60. The van der Waals surface area contributed by atoms with Gasteiger partial charge in [0.15, 0.2) is 0 Å². The predicted octanol–water partition coefficient (Wildman–Crippen LogP) is 2.11. The first-order chi connectivity index (χ1) is 6.43. The van der Waals surface area contributed by atoms with Crippen LogP contribution in [0, 0.1) is 0 Å². The van der Waals surface area contributed by atoms with Crippen LogP contribution in [0.25, 0.3) is 10.9 Å². The average molecular weight is 173 g/mol. The van der Waals surface area contributed by atoms with E-state index in [0.717, 1.165) is 13.0 Å². The lowest BCUT2D eigenvalue weighted by Gasteiger charge is -1.99. The minimum absolute atomic E-state index is 0.467. The van der Waals surface area contributed by atoms with Crippen molar-refractivity contribution < 1.29 is 4.74 Å². The first-order valence-corrected chi connectivity index (χ1v) is 4.60. The largest absolute Gasteiger partial charge is 0.373 e. The van der Waals surface area contributed by atoms with Crippen molar-refractivity contribution in [3.05, 3.63) is 36.0 Å². The maximum absolute atomic E-state index is 5.22. The number of hydrogen-bond donors (Lipinski definition) is 1. The molecule has 1 N–H and O–H groups in total. The Morgan fingerprint density at radius 1 is 1.38 bits per heavy atom. The molecule has 13 heavy (non-hydrogen) atoms. The van der Waals surface area contributed by atoms with Crippen LogP contribution in [0.3, 0.4) is 0 Å². The monoisotopic (exact) mass is 173 g/mol. The molecule has 0 radical (unpaired) electrons. The van der Waals surface area contributed by atoms with Gasteiger partial charge < -0.3 is 9.72 Å². The van der Waals surface area contributed by atoms with Gasteiger partial charge >= 0.3 is 0 Å². The summed E-state index contributed by atoms with van der Waals surface area (Å²) in [4.78, 5) is 3.27. The maximum atomic E-state index is 5.22. The Balaban J connectivity index is 2.09. The molecule has 0 saturated carbocycles. The zero-order valence-corrected chi connectivity index (χ0v) is 7.29. The molecule has 1 atom stereocenters. The number of benzene rings is 1. The summed E-state index contributed by atoms with van der Waals surface area (Å²) in [5.74, 6) is 0. The third kappa shape index (κ3) is 1.23. The van der Waals surface area contributed by atoms with Crippen LogP contribution in [0.15, 0.2) is 30.5 Å². The SMILES string of the molecule is c1cc(CC2CO2)c2[nH]ccc2c1. The molecule has 0 bridgehead atoms. The lowest BCUT2D eigenvalue weighted by molar-refractivity contribution is 0.408. The van der Waals surface area contributed by atoms with E-state index in [4.69, 9.17) is 4.74 Å². The van der Waals surface area contributed by atoms with Gasteiger partial charge in [-0.1, -0.05) is 18.2 Å². The number of aromatic nitrogens is 1. The number of hydrogen-bond acceptors (Lipinski definition) is 1. The van der Waals surface area contributed by atoms with Gasteiger partial charge in [0.2, 0.25) is 0 Å². The molecular formula is C11H11NO. The molecule has 1 unspecified atom stereocenters. The second-order valence-electron chi connectivity index (χ2n) is 3.52. The van der Waals surface area contributed by atoms with E-state index < -0.39 is 0 Å². The second-order valence-corrected chi connectivity index (χ2v) is 3.52. The molecule has 2 nitrogen and oxygen atoms in total. The van der Waals surface area contributed by atoms with Crippen molar-refractivity contribution in [3.63, 3.8) is 0 Å². The summed E-state index contributed by atoms with van der Waals surface area (Å²) in [6, 6.07) is 8.50. The molecule has 1 fully saturated rings. The summed E-state index contributed by atoms with van der Waals surface area (Å²) in [6.07, 6.45) is 3.49. The molecular weight excluding hydrogens is 162 g/mol. The summed E-state index contributed by atoms with van der Waals surface area (Å²) in [7, 11) is 0. The van der Waals surface area contributed by atoms with Crippen LogP contribution in [-0.4, -0.2) is 17.7 Å². The Morgan fingerprint density at radius 3 is 3.15 bits per heavy atom. The van der Waals surface area contributed by atoms with Crippen molar-refractivity contribution in [1.29, 1.82) is 0 Å². The molecule has 0 amide bonds. The fourth-order valence-corrected chi connectivity index (χ4v) is 1.75. The predicted molar refractivity (Wildman–Crippen MR) is 51.7 cm³/mol. The van der Waals surface area contributed by atoms with E-state index in [1.54, 1.807) is 0 Å². The van der Waals surface area contributed by atoms with Gasteiger partial charge in [0.25, 0.3) is 0 Å². The van der Waals surface area contributed by atoms with Gasteiger partial charge in [0.1, 0.15) is 0 Å². The lowest BCUT2D eigenvalue weighted by atomic mass is 10.1. The van der Waals surface area contributed by atoms with Crippen molar-refractivity contribution in [1.82, 2.24) is 4.98 Å². The van der Waals surface area contributed by atoms with Crippen LogP contribution in [0.5, 0.6) is 0 Å². The highest BCUT2D eigenvalue weighted by Crippen LogP contribution is 2.22. The first-order valence-electron chi connectivity index (χ1n) is 4.60. The van der Waals surface area contributed by atoms with Crippen LogP contribution >= 0.6 is 0 Å². The smallest absolute Gasteiger partial charge is 0.0850 e. The molecule has 0 aliphatic carbocycles. The quantitative estimate of drug-likeness (QED) is 0.692. The number of para-hydroxylation sites is 1. The fraction of sp³-hybridized carbons (Fsp3) is 0.273. The van der Waals surface area contributed by atoms with Gasteiger partial charge in [-0.2, -0.15) is 0 Å². The van der Waals surface area contributed by atoms with E-state index in [-0.39, 0.29) is 0 Å². The Morgan fingerprint density at radius 2 is 2.31 bits per heavy atom. The van der Waals surface area contributed by atoms with Crippen molar-refractivity contribution in [2.45, 2.75) is 12.5 Å². The summed E-state index contributed by atoms with van der Waals surface area (Å²) in [6.45, 7) is 0.928. The van der Waals surface area contributed by atoms with E-state index >= 15 is 0 Å². The molecule has 2 heteroatoms. The number of fused-ring (bicyclic) bond motifs is 1. The van der Waals surface area contributed by atoms with Gasteiger partial charge in [0.05, 0.1) is 12.7 Å². The molecule has 1 aromatic carbocycles. The Bertz CT molecular complexity index is 428. The number of H-pyrrole nitrogens is 1. The molecule has 1 aromatic heterocycles. The number of epoxide rings is 1. The number of aromatic amines is 1. The van der Waals surface area contributed by atoms with Crippen molar-refractivity contribution >= 4 is 10.9 Å². The number of ether oxygens (including phenoxy) is 1. The van der Waals surface area contributed by atoms with E-state index in [1.165, 1.54) is 16.5 Å². The van der Waals surface area contributed by atoms with Gasteiger partial charge in [-0.25, -0.2) is 0 Å². The van der Waals surface area contributed by atoms with Crippen molar-refractivity contribution in [3.8, 4) is 0 Å². The van der Waals surface area contributed by atoms with Crippen molar-refractivity contribution in [2.75, 3.05) is 6.61 Å². The summed E-state index contributed by atoms with van der Waals surface area (Å²) in [5, 5.41) is 1.29. The normalized spacial score (nSPS) is 20.8. The molecule has 1 aliphatic heterocycles. The zero-order valence-electron chi connectivity index (χ0n) is 7.29. The van der Waals surface area contributed by atoms with Crippen LogP contribution in [0.1, 0.15) is 5.56 Å². The van der Waals surface area contributed by atoms with Crippen LogP contribution in [0.2, 0.25) is 0 Å². The molecule has 2 heterocycles. The van der Waals surface area contributed by atoms with E-state index in [1.807, 2.05) is 6.20 Å². The number of rotatable bonds is 2. The Labute approximate surface area is 76.5 Å². The lowest BCUT2D eigenvalue weighted by Crippen LogP contribution is -1.93. The maximum Gasteiger partial charge on any atom is 0.0850 e. The van der Waals surface area contributed by atoms with Gasteiger partial charge in [-0.3, -0.25) is 0 Å². The number of nitrogens with one attached hydrogen (secondary N) is 1. The molecule has 1 saturated heterocycles. The minimum atomic E-state index is 0.467. The minimum Gasteiger partial charge on any atom is -0.373 e. The van der Waals surface area contributed by atoms with Crippen LogP contribution < -0.4 is 0 Å². The third-order valence-corrected chi connectivity index (χ3v) is 2.52.